The number of oxime groups is 1. The predicted octanol–water partition coefficient (Wildman–Crippen LogP) is 2.98. The van der Waals surface area contributed by atoms with Gasteiger partial charge in [0.15, 0.2) is 5.84 Å². The smallest absolute Gasteiger partial charge is 0.170 e. The van der Waals surface area contributed by atoms with Crippen LogP contribution in [0.2, 0.25) is 0 Å². The molecule has 0 amide bonds. The van der Waals surface area contributed by atoms with Crippen LogP contribution in [0.15, 0.2) is 47.6 Å². The monoisotopic (exact) mass is 270 g/mol. The van der Waals surface area contributed by atoms with Crippen molar-refractivity contribution in [3.8, 4) is 5.75 Å². The highest BCUT2D eigenvalue weighted by Gasteiger charge is 2.01. The molecule has 2 aromatic carbocycles. The third kappa shape index (κ3) is 3.29. The van der Waals surface area contributed by atoms with Gasteiger partial charge >= 0.3 is 0 Å². The second-order valence-corrected chi connectivity index (χ2v) is 4.72. The summed E-state index contributed by atoms with van der Waals surface area (Å²) in [7, 11) is 0. The first-order valence-corrected chi connectivity index (χ1v) is 6.37. The van der Waals surface area contributed by atoms with Gasteiger partial charge in [-0.15, -0.1) is 0 Å². The van der Waals surface area contributed by atoms with Gasteiger partial charge < -0.3 is 15.7 Å². The topological polar surface area (TPSA) is 67.8 Å². The van der Waals surface area contributed by atoms with Crippen molar-refractivity contribution in [3.63, 3.8) is 0 Å². The summed E-state index contributed by atoms with van der Waals surface area (Å²) in [6.07, 6.45) is 0. The third-order valence-electron chi connectivity index (χ3n) is 3.23. The minimum absolute atomic E-state index is 0.0886. The van der Waals surface area contributed by atoms with E-state index >= 15 is 0 Å². The van der Waals surface area contributed by atoms with Gasteiger partial charge in [-0.3, -0.25) is 0 Å². The van der Waals surface area contributed by atoms with Gasteiger partial charge in [-0.1, -0.05) is 23.4 Å². The van der Waals surface area contributed by atoms with Crippen molar-refractivity contribution in [2.45, 2.75) is 20.5 Å². The summed E-state index contributed by atoms with van der Waals surface area (Å²) in [5, 5.41) is 11.5. The number of hydrogen-bond donors (Lipinski definition) is 2. The largest absolute Gasteiger partial charge is 0.489 e. The van der Waals surface area contributed by atoms with Crippen LogP contribution in [0.3, 0.4) is 0 Å². The number of hydrogen-bond acceptors (Lipinski definition) is 3. The molecule has 0 saturated carbocycles. The lowest BCUT2D eigenvalue weighted by Gasteiger charge is -2.08. The molecule has 4 nitrogen and oxygen atoms in total. The second kappa shape index (κ2) is 6.10. The zero-order valence-corrected chi connectivity index (χ0v) is 11.6. The van der Waals surface area contributed by atoms with Gasteiger partial charge in [-0.25, -0.2) is 0 Å². The van der Waals surface area contributed by atoms with Crippen molar-refractivity contribution in [2.75, 3.05) is 0 Å². The molecular weight excluding hydrogens is 252 g/mol. The fourth-order valence-corrected chi connectivity index (χ4v) is 1.84. The Kier molecular flexibility index (Phi) is 4.25. The van der Waals surface area contributed by atoms with Crippen LogP contribution < -0.4 is 10.5 Å². The highest BCUT2D eigenvalue weighted by Crippen LogP contribution is 2.16. The number of nitrogens with two attached hydrogens (primary N) is 1. The van der Waals surface area contributed by atoms with Crippen LogP contribution in [0.1, 0.15) is 22.3 Å². The summed E-state index contributed by atoms with van der Waals surface area (Å²) < 4.78 is 5.71. The Labute approximate surface area is 118 Å². The maximum Gasteiger partial charge on any atom is 0.170 e. The Morgan fingerprint density at radius 3 is 2.40 bits per heavy atom. The molecule has 0 radical (unpaired) electrons. The standard InChI is InChI=1S/C16H18N2O2/c1-11-3-4-13(9-12(11)2)10-20-15-7-5-14(6-8-15)16(17)18-19/h3-9,19H,10H2,1-2H3,(H2,17,18). The molecule has 0 aliphatic rings. The molecule has 0 bridgehead atoms. The van der Waals surface area contributed by atoms with Crippen molar-refractivity contribution in [3.05, 3.63) is 64.7 Å². The lowest BCUT2D eigenvalue weighted by Crippen LogP contribution is -2.12. The van der Waals surface area contributed by atoms with Gasteiger partial charge in [0.05, 0.1) is 0 Å². The van der Waals surface area contributed by atoms with Gasteiger partial charge in [-0.05, 0) is 54.8 Å². The van der Waals surface area contributed by atoms with E-state index in [9.17, 15) is 0 Å². The van der Waals surface area contributed by atoms with Crippen molar-refractivity contribution >= 4 is 5.84 Å². The zero-order valence-electron chi connectivity index (χ0n) is 11.6. The molecular formula is C16H18N2O2. The SMILES string of the molecule is Cc1ccc(COc2ccc(C(N)=NO)cc2)cc1C. The Morgan fingerprint density at radius 2 is 1.80 bits per heavy atom. The zero-order chi connectivity index (χ0) is 14.5. The summed E-state index contributed by atoms with van der Waals surface area (Å²) in [6, 6.07) is 13.4. The maximum absolute atomic E-state index is 8.59. The van der Waals surface area contributed by atoms with Crippen LogP contribution in [0.25, 0.3) is 0 Å². The summed E-state index contributed by atoms with van der Waals surface area (Å²) in [4.78, 5) is 0. The molecule has 104 valence electrons. The molecule has 0 heterocycles. The highest BCUT2D eigenvalue weighted by molar-refractivity contribution is 5.97. The van der Waals surface area contributed by atoms with Crippen molar-refractivity contribution < 1.29 is 9.94 Å². The fourth-order valence-electron chi connectivity index (χ4n) is 1.84. The Balaban J connectivity index is 2.02. The molecule has 0 unspecified atom stereocenters. The van der Waals surface area contributed by atoms with E-state index in [0.717, 1.165) is 11.3 Å². The fraction of sp³-hybridized carbons (Fsp3) is 0.188. The van der Waals surface area contributed by atoms with E-state index in [-0.39, 0.29) is 5.84 Å². The lowest BCUT2D eigenvalue weighted by atomic mass is 10.1. The van der Waals surface area contributed by atoms with E-state index in [1.807, 2.05) is 0 Å². The number of amidine groups is 1. The first-order chi connectivity index (χ1) is 9.60. The summed E-state index contributed by atoms with van der Waals surface area (Å²) in [5.74, 6) is 0.837. The third-order valence-corrected chi connectivity index (χ3v) is 3.23. The van der Waals surface area contributed by atoms with E-state index in [4.69, 9.17) is 15.7 Å². The Morgan fingerprint density at radius 1 is 1.10 bits per heavy atom. The molecule has 2 rings (SSSR count). The van der Waals surface area contributed by atoms with Gasteiger partial charge in [0, 0.05) is 5.56 Å². The molecule has 0 fully saturated rings. The molecule has 2 aromatic rings. The van der Waals surface area contributed by atoms with Gasteiger partial charge in [-0.2, -0.15) is 0 Å². The van der Waals surface area contributed by atoms with Crippen molar-refractivity contribution in [1.29, 1.82) is 0 Å². The molecule has 0 aliphatic heterocycles. The lowest BCUT2D eigenvalue weighted by molar-refractivity contribution is 0.306. The van der Waals surface area contributed by atoms with E-state index in [2.05, 4.69) is 37.2 Å². The quantitative estimate of drug-likeness (QED) is 0.388. The number of rotatable bonds is 4. The van der Waals surface area contributed by atoms with Crippen LogP contribution in [0, 0.1) is 13.8 Å². The normalized spacial score (nSPS) is 11.4. The number of benzene rings is 2. The van der Waals surface area contributed by atoms with Crippen LogP contribution in [-0.4, -0.2) is 11.0 Å². The van der Waals surface area contributed by atoms with Crippen molar-refractivity contribution in [2.24, 2.45) is 10.9 Å². The molecule has 0 atom stereocenters. The second-order valence-electron chi connectivity index (χ2n) is 4.72. The highest BCUT2D eigenvalue weighted by atomic mass is 16.5. The first kappa shape index (κ1) is 13.9. The summed E-state index contributed by atoms with van der Waals surface area (Å²) in [5.41, 5.74) is 9.82. The minimum atomic E-state index is 0.0886. The van der Waals surface area contributed by atoms with E-state index in [1.54, 1.807) is 24.3 Å². The molecule has 4 heteroatoms. The van der Waals surface area contributed by atoms with E-state index in [0.29, 0.717) is 12.2 Å². The van der Waals surface area contributed by atoms with E-state index < -0.39 is 0 Å². The van der Waals surface area contributed by atoms with E-state index in [1.165, 1.54) is 11.1 Å². The average molecular weight is 270 g/mol. The maximum atomic E-state index is 8.59. The first-order valence-electron chi connectivity index (χ1n) is 6.37. The summed E-state index contributed by atoms with van der Waals surface area (Å²) in [6.45, 7) is 4.69. The molecule has 0 saturated heterocycles. The van der Waals surface area contributed by atoms with Crippen LogP contribution in [0.5, 0.6) is 5.75 Å². The van der Waals surface area contributed by atoms with Gasteiger partial charge in [0.2, 0.25) is 0 Å². The van der Waals surface area contributed by atoms with Crippen molar-refractivity contribution in [1.82, 2.24) is 0 Å². The predicted molar refractivity (Wildman–Crippen MR) is 79.2 cm³/mol. The molecule has 0 spiro atoms. The van der Waals surface area contributed by atoms with Crippen LogP contribution >= 0.6 is 0 Å². The Bertz CT molecular complexity index is 619. The van der Waals surface area contributed by atoms with Crippen LogP contribution in [0.4, 0.5) is 0 Å². The number of ether oxygens (including phenoxy) is 1. The van der Waals surface area contributed by atoms with Gasteiger partial charge in [0.25, 0.3) is 0 Å². The van der Waals surface area contributed by atoms with Crippen LogP contribution in [-0.2, 0) is 6.61 Å². The Hall–Kier alpha value is -2.49. The number of aryl methyl sites for hydroxylation is 2. The average Bonchev–Trinajstić information content (AvgIpc) is 2.48. The molecule has 20 heavy (non-hydrogen) atoms. The van der Waals surface area contributed by atoms with Gasteiger partial charge in [0.1, 0.15) is 12.4 Å². The minimum Gasteiger partial charge on any atom is -0.489 e. The number of nitrogens with zero attached hydrogens (tertiary/aromatic N) is 1. The summed E-state index contributed by atoms with van der Waals surface area (Å²) >= 11 is 0. The molecule has 0 aromatic heterocycles. The molecule has 3 N–H and O–H groups in total. The molecule has 0 aliphatic carbocycles.